The molecule has 8 heteroatoms. The van der Waals surface area contributed by atoms with Crippen molar-refractivity contribution in [2.24, 2.45) is 5.10 Å². The zero-order valence-corrected chi connectivity index (χ0v) is 16.0. The van der Waals surface area contributed by atoms with E-state index >= 15 is 0 Å². The first-order valence-electron chi connectivity index (χ1n) is 8.67. The van der Waals surface area contributed by atoms with Crippen LogP contribution in [0.2, 0.25) is 0 Å². The van der Waals surface area contributed by atoms with Crippen molar-refractivity contribution in [1.82, 2.24) is 10.4 Å². The van der Waals surface area contributed by atoms with Crippen LogP contribution < -0.4 is 10.2 Å². The molecule has 1 aliphatic carbocycles. The summed E-state index contributed by atoms with van der Waals surface area (Å²) in [5, 5.41) is 12.9. The predicted octanol–water partition coefficient (Wildman–Crippen LogP) is 2.58. The highest BCUT2D eigenvalue weighted by molar-refractivity contribution is 7.81. The molecule has 1 heterocycles. The van der Waals surface area contributed by atoms with Gasteiger partial charge in [-0.1, -0.05) is 13.8 Å². The van der Waals surface area contributed by atoms with Gasteiger partial charge in [-0.25, -0.2) is 10.4 Å². The third-order valence-corrected chi connectivity index (χ3v) is 3.94. The Morgan fingerprint density at radius 2 is 2.15 bits per heavy atom. The Morgan fingerprint density at radius 3 is 2.85 bits per heavy atom. The third-order valence-electron chi connectivity index (χ3n) is 3.78. The summed E-state index contributed by atoms with van der Waals surface area (Å²) < 4.78 is 5.13. The van der Waals surface area contributed by atoms with Crippen LogP contribution in [0.1, 0.15) is 57.2 Å². The van der Waals surface area contributed by atoms with Crippen molar-refractivity contribution in [2.45, 2.75) is 57.1 Å². The van der Waals surface area contributed by atoms with Gasteiger partial charge in [0.15, 0.2) is 0 Å². The number of hydrogen-bond donors (Lipinski definition) is 3. The number of carbonyl (C=O) groups is 2. The number of aromatic nitrogens is 1. The van der Waals surface area contributed by atoms with E-state index in [4.69, 9.17) is 9.84 Å². The molecule has 7 nitrogen and oxygen atoms in total. The lowest BCUT2D eigenvalue weighted by molar-refractivity contribution is -0.137. The summed E-state index contributed by atoms with van der Waals surface area (Å²) in [6, 6.07) is 3.64. The van der Waals surface area contributed by atoms with Gasteiger partial charge in [0.25, 0.3) is 0 Å². The average molecular weight is 379 g/mol. The van der Waals surface area contributed by atoms with Gasteiger partial charge in [-0.2, -0.15) is 17.7 Å². The molecule has 0 aromatic carbocycles. The molecule has 0 saturated carbocycles. The lowest BCUT2D eigenvalue weighted by Gasteiger charge is -2.19. The third kappa shape index (κ3) is 6.67. The topological polar surface area (TPSA) is 101 Å². The number of carboxylic acid groups (broad SMARTS) is 1. The molecule has 2 rings (SSSR count). The van der Waals surface area contributed by atoms with E-state index in [2.05, 4.69) is 28.1 Å². The summed E-state index contributed by atoms with van der Waals surface area (Å²) in [5.41, 5.74) is 5.21. The maximum atomic E-state index is 11.9. The first-order valence-corrected chi connectivity index (χ1v) is 9.12. The summed E-state index contributed by atoms with van der Waals surface area (Å²) in [6.07, 6.45) is 3.28. The van der Waals surface area contributed by atoms with Gasteiger partial charge in [-0.05, 0) is 31.7 Å². The van der Waals surface area contributed by atoms with E-state index in [1.165, 1.54) is 0 Å². The largest absolute Gasteiger partial charge is 0.481 e. The number of carboxylic acids is 1. The summed E-state index contributed by atoms with van der Waals surface area (Å²) in [6.45, 7) is 4.07. The standard InChI is InChI=1S/C18H25N3O4S/c1-18(2,26)11-15(22)21-20-14-6-3-5-13-12(14)8-9-16(19-13)25-10-4-7-17(23)24/h8-9,26H,3-7,10-11H2,1-2H3,(H,21,22)(H,23,24)/b20-14+. The molecule has 1 aromatic rings. The van der Waals surface area contributed by atoms with Gasteiger partial charge in [0.05, 0.1) is 18.0 Å². The first kappa shape index (κ1) is 20.2. The van der Waals surface area contributed by atoms with Crippen molar-refractivity contribution in [1.29, 1.82) is 0 Å². The van der Waals surface area contributed by atoms with E-state index < -0.39 is 5.97 Å². The molecule has 0 saturated heterocycles. The molecular formula is C18H25N3O4S. The molecule has 1 aliphatic rings. The first-order chi connectivity index (χ1) is 12.2. The highest BCUT2D eigenvalue weighted by Gasteiger charge is 2.20. The van der Waals surface area contributed by atoms with E-state index in [0.29, 0.717) is 18.9 Å². The van der Waals surface area contributed by atoms with Crippen molar-refractivity contribution in [2.75, 3.05) is 6.61 Å². The average Bonchev–Trinajstić information content (AvgIpc) is 2.55. The maximum absolute atomic E-state index is 11.9. The number of carbonyl (C=O) groups excluding carboxylic acids is 1. The predicted molar refractivity (Wildman–Crippen MR) is 102 cm³/mol. The minimum absolute atomic E-state index is 0.0739. The highest BCUT2D eigenvalue weighted by atomic mass is 32.1. The van der Waals surface area contributed by atoms with Crippen molar-refractivity contribution in [3.05, 3.63) is 23.4 Å². The lowest BCUT2D eigenvalue weighted by atomic mass is 9.94. The van der Waals surface area contributed by atoms with Crippen LogP contribution in [0.15, 0.2) is 17.2 Å². The normalized spacial score (nSPS) is 15.4. The minimum Gasteiger partial charge on any atom is -0.481 e. The summed E-state index contributed by atoms with van der Waals surface area (Å²) in [7, 11) is 0. The summed E-state index contributed by atoms with van der Waals surface area (Å²) in [4.78, 5) is 26.9. The van der Waals surface area contributed by atoms with Crippen LogP contribution in [0, 0.1) is 0 Å². The molecule has 26 heavy (non-hydrogen) atoms. The van der Waals surface area contributed by atoms with E-state index in [1.807, 2.05) is 19.9 Å². The number of thiol groups is 1. The van der Waals surface area contributed by atoms with Gasteiger partial charge in [0.2, 0.25) is 11.8 Å². The molecule has 0 aliphatic heterocycles. The number of ether oxygens (including phenoxy) is 1. The molecule has 0 atom stereocenters. The molecule has 142 valence electrons. The number of pyridine rings is 1. The van der Waals surface area contributed by atoms with E-state index in [9.17, 15) is 9.59 Å². The van der Waals surface area contributed by atoms with Crippen LogP contribution >= 0.6 is 12.6 Å². The van der Waals surface area contributed by atoms with E-state index in [0.717, 1.165) is 36.2 Å². The lowest BCUT2D eigenvalue weighted by Crippen LogP contribution is -2.27. The van der Waals surface area contributed by atoms with Gasteiger partial charge in [-0.3, -0.25) is 9.59 Å². The Hall–Kier alpha value is -2.09. The van der Waals surface area contributed by atoms with Crippen LogP contribution in [0.4, 0.5) is 0 Å². The van der Waals surface area contributed by atoms with Crippen LogP contribution in [-0.2, 0) is 16.0 Å². The number of aliphatic carboxylic acids is 1. The number of hydrogen-bond acceptors (Lipinski definition) is 6. The van der Waals surface area contributed by atoms with Gasteiger partial charge < -0.3 is 9.84 Å². The van der Waals surface area contributed by atoms with E-state index in [1.54, 1.807) is 6.07 Å². The number of rotatable bonds is 8. The number of aryl methyl sites for hydroxylation is 1. The second-order valence-electron chi connectivity index (χ2n) is 6.93. The molecule has 0 radical (unpaired) electrons. The number of amides is 1. The van der Waals surface area contributed by atoms with Gasteiger partial charge in [0.1, 0.15) is 0 Å². The van der Waals surface area contributed by atoms with Crippen LogP contribution in [0.5, 0.6) is 5.88 Å². The van der Waals surface area contributed by atoms with Crippen LogP contribution in [0.3, 0.4) is 0 Å². The number of hydrazone groups is 1. The Balaban J connectivity index is 1.99. The van der Waals surface area contributed by atoms with Gasteiger partial charge in [-0.15, -0.1) is 0 Å². The Kier molecular flexibility index (Phi) is 7.02. The Bertz CT molecular complexity index is 698. The molecule has 0 unspecified atom stereocenters. The van der Waals surface area contributed by atoms with Crippen molar-refractivity contribution < 1.29 is 19.4 Å². The minimum atomic E-state index is -0.837. The van der Waals surface area contributed by atoms with Crippen molar-refractivity contribution in [3.8, 4) is 5.88 Å². The molecule has 2 N–H and O–H groups in total. The number of nitrogens with zero attached hydrogens (tertiary/aromatic N) is 2. The second kappa shape index (κ2) is 9.02. The Morgan fingerprint density at radius 1 is 1.38 bits per heavy atom. The Labute approximate surface area is 158 Å². The van der Waals surface area contributed by atoms with Gasteiger partial charge in [0, 0.05) is 29.2 Å². The van der Waals surface area contributed by atoms with Crippen LogP contribution in [-0.4, -0.2) is 39.0 Å². The maximum Gasteiger partial charge on any atom is 0.303 e. The smallest absolute Gasteiger partial charge is 0.303 e. The quantitative estimate of drug-likeness (QED) is 0.366. The number of fused-ring (bicyclic) bond motifs is 1. The summed E-state index contributed by atoms with van der Waals surface area (Å²) >= 11 is 4.35. The highest BCUT2D eigenvalue weighted by Crippen LogP contribution is 2.23. The molecule has 1 aromatic heterocycles. The van der Waals surface area contributed by atoms with Crippen LogP contribution in [0.25, 0.3) is 0 Å². The second-order valence-corrected chi connectivity index (χ2v) is 8.14. The fourth-order valence-electron chi connectivity index (χ4n) is 2.65. The molecule has 0 spiro atoms. The molecule has 0 fully saturated rings. The molecule has 0 bridgehead atoms. The monoisotopic (exact) mass is 379 g/mol. The number of nitrogens with one attached hydrogen (secondary N) is 1. The van der Waals surface area contributed by atoms with Crippen molar-refractivity contribution >= 4 is 30.2 Å². The van der Waals surface area contributed by atoms with E-state index in [-0.39, 0.29) is 23.5 Å². The zero-order valence-electron chi connectivity index (χ0n) is 15.1. The van der Waals surface area contributed by atoms with Crippen molar-refractivity contribution in [3.63, 3.8) is 0 Å². The fraction of sp³-hybridized carbons (Fsp3) is 0.556. The molecule has 1 amide bonds. The van der Waals surface area contributed by atoms with Gasteiger partial charge >= 0.3 is 5.97 Å². The zero-order chi connectivity index (χ0) is 19.2. The summed E-state index contributed by atoms with van der Waals surface area (Å²) in [5.74, 6) is -0.525. The molecular weight excluding hydrogens is 354 g/mol. The fourth-order valence-corrected chi connectivity index (χ4v) is 2.80. The SMILES string of the molecule is CC(C)(S)CC(=O)N/N=C1\CCCc2nc(OCCCC(=O)O)ccc21.